The fourth-order valence-corrected chi connectivity index (χ4v) is 1.80. The third-order valence-electron chi connectivity index (χ3n) is 2.84. The Balaban J connectivity index is 1.60. The third-order valence-corrected chi connectivity index (χ3v) is 2.84. The zero-order valence-electron chi connectivity index (χ0n) is 9.15. The van der Waals surface area contributed by atoms with Crippen LogP contribution < -0.4 is 5.32 Å². The van der Waals surface area contributed by atoms with E-state index >= 15 is 0 Å². The monoisotopic (exact) mass is 210 g/mol. The fourth-order valence-electron chi connectivity index (χ4n) is 1.80. The number of hydrogen-bond donors (Lipinski definition) is 1. The van der Waals surface area contributed by atoms with Crippen molar-refractivity contribution in [1.29, 1.82) is 0 Å². The number of nitrogens with one attached hydrogen (secondary N) is 1. The Bertz CT molecular complexity index is 293. The summed E-state index contributed by atoms with van der Waals surface area (Å²) in [4.78, 5) is 4.15. The summed E-state index contributed by atoms with van der Waals surface area (Å²) in [5.41, 5.74) is 0. The van der Waals surface area contributed by atoms with Gasteiger partial charge in [0.05, 0.1) is 6.54 Å². The average Bonchev–Trinajstić information content (AvgIpc) is 2.85. The van der Waals surface area contributed by atoms with Crippen LogP contribution in [0.3, 0.4) is 0 Å². The van der Waals surface area contributed by atoms with Crippen LogP contribution in [0.4, 0.5) is 0 Å². The lowest BCUT2D eigenvalue weighted by molar-refractivity contribution is 0.184. The predicted octanol–water partition coefficient (Wildman–Crippen LogP) is 0.331. The molecule has 5 nitrogen and oxygen atoms in total. The van der Waals surface area contributed by atoms with E-state index in [-0.39, 0.29) is 0 Å². The maximum atomic E-state index is 5.32. The van der Waals surface area contributed by atoms with Crippen molar-refractivity contribution in [2.45, 2.75) is 19.4 Å². The SMILES string of the molecule is Cn1ncnc1CNCCC1CCOC1. The summed E-state index contributed by atoms with van der Waals surface area (Å²) in [7, 11) is 1.91. The van der Waals surface area contributed by atoms with Crippen molar-refractivity contribution >= 4 is 0 Å². The van der Waals surface area contributed by atoms with Gasteiger partial charge in [-0.05, 0) is 25.3 Å². The normalized spacial score (nSPS) is 21.0. The quantitative estimate of drug-likeness (QED) is 0.712. The van der Waals surface area contributed by atoms with Crippen molar-refractivity contribution in [2.75, 3.05) is 19.8 Å². The summed E-state index contributed by atoms with van der Waals surface area (Å²) >= 11 is 0. The van der Waals surface area contributed by atoms with Crippen LogP contribution in [0.2, 0.25) is 0 Å². The summed E-state index contributed by atoms with van der Waals surface area (Å²) in [5, 5.41) is 7.39. The average molecular weight is 210 g/mol. The smallest absolute Gasteiger partial charge is 0.140 e. The van der Waals surface area contributed by atoms with Crippen molar-refractivity contribution < 1.29 is 4.74 Å². The standard InChI is InChI=1S/C10H18N4O/c1-14-10(12-8-13-14)6-11-4-2-9-3-5-15-7-9/h8-9,11H,2-7H2,1H3. The minimum absolute atomic E-state index is 0.747. The molecule has 1 unspecified atom stereocenters. The summed E-state index contributed by atoms with van der Waals surface area (Å²) in [6.07, 6.45) is 3.99. The van der Waals surface area contributed by atoms with Gasteiger partial charge >= 0.3 is 0 Å². The Labute approximate surface area is 89.8 Å². The molecule has 2 rings (SSSR count). The van der Waals surface area contributed by atoms with Crippen LogP contribution in [0.25, 0.3) is 0 Å². The fraction of sp³-hybridized carbons (Fsp3) is 0.800. The highest BCUT2D eigenvalue weighted by molar-refractivity contribution is 4.82. The lowest BCUT2D eigenvalue weighted by atomic mass is 10.1. The minimum atomic E-state index is 0.747. The minimum Gasteiger partial charge on any atom is -0.381 e. The van der Waals surface area contributed by atoms with Gasteiger partial charge in [-0.1, -0.05) is 0 Å². The summed E-state index contributed by atoms with van der Waals surface area (Å²) in [5.74, 6) is 1.73. The van der Waals surface area contributed by atoms with E-state index in [1.54, 1.807) is 11.0 Å². The second-order valence-electron chi connectivity index (χ2n) is 3.99. The van der Waals surface area contributed by atoms with Crippen LogP contribution in [0, 0.1) is 5.92 Å². The molecule has 15 heavy (non-hydrogen) atoms. The van der Waals surface area contributed by atoms with Gasteiger partial charge in [0.25, 0.3) is 0 Å². The highest BCUT2D eigenvalue weighted by Gasteiger charge is 2.14. The number of ether oxygens (including phenoxy) is 1. The first-order valence-electron chi connectivity index (χ1n) is 5.47. The molecule has 84 valence electrons. The van der Waals surface area contributed by atoms with E-state index in [2.05, 4.69) is 15.4 Å². The van der Waals surface area contributed by atoms with E-state index in [1.165, 1.54) is 12.8 Å². The Morgan fingerprint density at radius 2 is 2.60 bits per heavy atom. The molecule has 2 heterocycles. The van der Waals surface area contributed by atoms with Gasteiger partial charge in [-0.3, -0.25) is 4.68 Å². The second kappa shape index (κ2) is 5.23. The zero-order valence-corrected chi connectivity index (χ0v) is 9.15. The van der Waals surface area contributed by atoms with E-state index in [0.717, 1.165) is 38.0 Å². The molecule has 0 radical (unpaired) electrons. The number of nitrogens with zero attached hydrogens (tertiary/aromatic N) is 3. The maximum Gasteiger partial charge on any atom is 0.140 e. The van der Waals surface area contributed by atoms with E-state index in [0.29, 0.717) is 0 Å². The molecule has 1 fully saturated rings. The first kappa shape index (κ1) is 10.6. The first-order chi connectivity index (χ1) is 7.36. The number of hydrogen-bond acceptors (Lipinski definition) is 4. The van der Waals surface area contributed by atoms with Gasteiger partial charge in [0.1, 0.15) is 12.2 Å². The van der Waals surface area contributed by atoms with E-state index in [4.69, 9.17) is 4.74 Å². The molecule has 1 aromatic rings. The summed E-state index contributed by atoms with van der Waals surface area (Å²) in [6, 6.07) is 0. The van der Waals surface area contributed by atoms with E-state index < -0.39 is 0 Å². The molecule has 0 saturated carbocycles. The zero-order chi connectivity index (χ0) is 10.5. The topological polar surface area (TPSA) is 52.0 Å². The molecule has 0 amide bonds. The molecule has 1 saturated heterocycles. The number of aryl methyl sites for hydroxylation is 1. The maximum absolute atomic E-state index is 5.32. The lowest BCUT2D eigenvalue weighted by Gasteiger charge is -2.07. The van der Waals surface area contributed by atoms with Crippen molar-refractivity contribution in [3.8, 4) is 0 Å². The summed E-state index contributed by atoms with van der Waals surface area (Å²) < 4.78 is 7.12. The highest BCUT2D eigenvalue weighted by Crippen LogP contribution is 2.15. The third kappa shape index (κ3) is 3.00. The van der Waals surface area contributed by atoms with Gasteiger partial charge in [0.15, 0.2) is 0 Å². The van der Waals surface area contributed by atoms with Gasteiger partial charge < -0.3 is 10.1 Å². The molecule has 1 atom stereocenters. The van der Waals surface area contributed by atoms with E-state index in [1.807, 2.05) is 7.05 Å². The largest absolute Gasteiger partial charge is 0.381 e. The lowest BCUT2D eigenvalue weighted by Crippen LogP contribution is -2.20. The molecule has 0 aliphatic carbocycles. The highest BCUT2D eigenvalue weighted by atomic mass is 16.5. The van der Waals surface area contributed by atoms with Crippen LogP contribution in [0.15, 0.2) is 6.33 Å². The molecule has 1 N–H and O–H groups in total. The van der Waals surface area contributed by atoms with Crippen molar-refractivity contribution in [2.24, 2.45) is 13.0 Å². The Kier molecular flexibility index (Phi) is 3.69. The first-order valence-corrected chi connectivity index (χ1v) is 5.47. The van der Waals surface area contributed by atoms with Gasteiger partial charge in [0.2, 0.25) is 0 Å². The van der Waals surface area contributed by atoms with Crippen LogP contribution in [0.5, 0.6) is 0 Å². The van der Waals surface area contributed by atoms with E-state index in [9.17, 15) is 0 Å². The molecule has 0 spiro atoms. The van der Waals surface area contributed by atoms with Crippen LogP contribution in [-0.2, 0) is 18.3 Å². The van der Waals surface area contributed by atoms with Crippen molar-refractivity contribution in [3.63, 3.8) is 0 Å². The number of aromatic nitrogens is 3. The molecule has 5 heteroatoms. The number of rotatable bonds is 5. The molecular weight excluding hydrogens is 192 g/mol. The molecule has 1 aliphatic rings. The van der Waals surface area contributed by atoms with Gasteiger partial charge in [0, 0.05) is 20.3 Å². The van der Waals surface area contributed by atoms with Crippen molar-refractivity contribution in [3.05, 3.63) is 12.2 Å². The molecular formula is C10H18N4O. The van der Waals surface area contributed by atoms with Crippen LogP contribution in [0.1, 0.15) is 18.7 Å². The van der Waals surface area contributed by atoms with Crippen LogP contribution >= 0.6 is 0 Å². The second-order valence-corrected chi connectivity index (χ2v) is 3.99. The Morgan fingerprint density at radius 3 is 3.27 bits per heavy atom. The Morgan fingerprint density at radius 1 is 1.67 bits per heavy atom. The predicted molar refractivity (Wildman–Crippen MR) is 56.3 cm³/mol. The van der Waals surface area contributed by atoms with Gasteiger partial charge in [-0.25, -0.2) is 4.98 Å². The van der Waals surface area contributed by atoms with Crippen molar-refractivity contribution in [1.82, 2.24) is 20.1 Å². The Hall–Kier alpha value is -0.940. The molecule has 0 aromatic carbocycles. The summed E-state index contributed by atoms with van der Waals surface area (Å²) in [6.45, 7) is 3.70. The van der Waals surface area contributed by atoms with Crippen LogP contribution in [-0.4, -0.2) is 34.5 Å². The molecule has 0 bridgehead atoms. The van der Waals surface area contributed by atoms with Gasteiger partial charge in [-0.15, -0.1) is 0 Å². The molecule has 1 aliphatic heterocycles. The van der Waals surface area contributed by atoms with Gasteiger partial charge in [-0.2, -0.15) is 5.10 Å². The molecule has 1 aromatic heterocycles.